The van der Waals surface area contributed by atoms with E-state index in [1.807, 2.05) is 0 Å². The molecule has 0 aliphatic carbocycles. The van der Waals surface area contributed by atoms with E-state index in [0.29, 0.717) is 6.04 Å². The third-order valence-electron chi connectivity index (χ3n) is 6.04. The van der Waals surface area contributed by atoms with Crippen molar-refractivity contribution in [3.05, 3.63) is 71.0 Å². The SMILES string of the molecule is CCC1c2[nH]c3ccccc3c2CCN1Cc1c[nH]c2c(C)cccc12. The van der Waals surface area contributed by atoms with E-state index in [2.05, 4.69) is 77.4 Å². The molecule has 0 saturated carbocycles. The minimum Gasteiger partial charge on any atom is -0.361 e. The summed E-state index contributed by atoms with van der Waals surface area (Å²) in [7, 11) is 0. The zero-order valence-electron chi connectivity index (χ0n) is 15.5. The fourth-order valence-electron chi connectivity index (χ4n) is 4.73. The molecule has 1 aliphatic heterocycles. The zero-order chi connectivity index (χ0) is 17.7. The van der Waals surface area contributed by atoms with Gasteiger partial charge in [-0.05, 0) is 42.5 Å². The number of benzene rings is 2. The Morgan fingerprint density at radius 3 is 2.81 bits per heavy atom. The zero-order valence-corrected chi connectivity index (χ0v) is 15.5. The van der Waals surface area contributed by atoms with Crippen molar-refractivity contribution >= 4 is 21.8 Å². The standard InChI is InChI=1S/C23H25N3/c1-3-21-23-19(18-8-4-5-10-20(18)25-23)11-12-26(21)14-16-13-24-22-15(2)7-6-9-17(16)22/h4-10,13,21,24-25H,3,11-12,14H2,1-2H3. The summed E-state index contributed by atoms with van der Waals surface area (Å²) in [5, 5.41) is 2.77. The molecule has 1 unspecified atom stereocenters. The Hall–Kier alpha value is -2.52. The van der Waals surface area contributed by atoms with Gasteiger partial charge in [-0.1, -0.05) is 43.3 Å². The Labute approximate surface area is 154 Å². The number of nitrogens with one attached hydrogen (secondary N) is 2. The van der Waals surface area contributed by atoms with Gasteiger partial charge in [-0.3, -0.25) is 4.90 Å². The van der Waals surface area contributed by atoms with Crippen LogP contribution >= 0.6 is 0 Å². The number of hydrogen-bond acceptors (Lipinski definition) is 1. The number of para-hydroxylation sites is 2. The van der Waals surface area contributed by atoms with Crippen molar-refractivity contribution in [3.63, 3.8) is 0 Å². The lowest BCUT2D eigenvalue weighted by molar-refractivity contribution is 0.169. The summed E-state index contributed by atoms with van der Waals surface area (Å²) >= 11 is 0. The highest BCUT2D eigenvalue weighted by atomic mass is 15.2. The van der Waals surface area contributed by atoms with Crippen LogP contribution in [0.15, 0.2) is 48.7 Å². The van der Waals surface area contributed by atoms with Crippen LogP contribution in [0.1, 0.15) is 41.8 Å². The van der Waals surface area contributed by atoms with E-state index < -0.39 is 0 Å². The Bertz CT molecular complexity index is 1090. The van der Waals surface area contributed by atoms with Gasteiger partial charge in [0.25, 0.3) is 0 Å². The monoisotopic (exact) mass is 343 g/mol. The van der Waals surface area contributed by atoms with Crippen LogP contribution in [0.5, 0.6) is 0 Å². The maximum Gasteiger partial charge on any atom is 0.0502 e. The molecule has 0 spiro atoms. The summed E-state index contributed by atoms with van der Waals surface area (Å²) in [5.41, 5.74) is 8.23. The van der Waals surface area contributed by atoms with Crippen molar-refractivity contribution in [1.29, 1.82) is 0 Å². The van der Waals surface area contributed by atoms with Gasteiger partial charge < -0.3 is 9.97 Å². The molecule has 0 fully saturated rings. The highest BCUT2D eigenvalue weighted by molar-refractivity contribution is 5.86. The van der Waals surface area contributed by atoms with E-state index in [4.69, 9.17) is 0 Å². The normalized spacial score (nSPS) is 17.8. The van der Waals surface area contributed by atoms with Crippen molar-refractivity contribution in [2.24, 2.45) is 0 Å². The fraction of sp³-hybridized carbons (Fsp3) is 0.304. The second kappa shape index (κ2) is 6.03. The highest BCUT2D eigenvalue weighted by Gasteiger charge is 2.29. The molecule has 1 aliphatic rings. The largest absolute Gasteiger partial charge is 0.361 e. The minimum atomic E-state index is 0.459. The number of hydrogen-bond donors (Lipinski definition) is 2. The number of nitrogens with zero attached hydrogens (tertiary/aromatic N) is 1. The van der Waals surface area contributed by atoms with E-state index in [1.54, 1.807) is 0 Å². The first-order valence-corrected chi connectivity index (χ1v) is 9.65. The molecule has 2 N–H and O–H groups in total. The van der Waals surface area contributed by atoms with Crippen LogP contribution in [-0.4, -0.2) is 21.4 Å². The maximum absolute atomic E-state index is 3.72. The molecule has 5 rings (SSSR count). The first-order chi connectivity index (χ1) is 12.8. The molecule has 2 aromatic heterocycles. The minimum absolute atomic E-state index is 0.459. The molecule has 3 nitrogen and oxygen atoms in total. The van der Waals surface area contributed by atoms with Crippen LogP contribution in [0.4, 0.5) is 0 Å². The Morgan fingerprint density at radius 2 is 1.92 bits per heavy atom. The maximum atomic E-state index is 3.72. The molecule has 1 atom stereocenters. The molecule has 4 aromatic rings. The van der Waals surface area contributed by atoms with Crippen molar-refractivity contribution in [1.82, 2.24) is 14.9 Å². The highest BCUT2D eigenvalue weighted by Crippen LogP contribution is 2.37. The van der Waals surface area contributed by atoms with E-state index in [-0.39, 0.29) is 0 Å². The molecule has 0 bridgehead atoms. The lowest BCUT2D eigenvalue weighted by Gasteiger charge is -2.35. The van der Waals surface area contributed by atoms with Gasteiger partial charge in [-0.15, -0.1) is 0 Å². The third-order valence-corrected chi connectivity index (χ3v) is 6.04. The number of aromatic nitrogens is 2. The summed E-state index contributed by atoms with van der Waals surface area (Å²) < 4.78 is 0. The van der Waals surface area contributed by atoms with Gasteiger partial charge in [0.1, 0.15) is 0 Å². The average molecular weight is 343 g/mol. The topological polar surface area (TPSA) is 34.8 Å². The Balaban J connectivity index is 1.52. The van der Waals surface area contributed by atoms with Gasteiger partial charge in [-0.2, -0.15) is 0 Å². The van der Waals surface area contributed by atoms with Crippen LogP contribution in [0.25, 0.3) is 21.8 Å². The molecule has 26 heavy (non-hydrogen) atoms. The molecule has 3 heterocycles. The third kappa shape index (κ3) is 2.31. The predicted molar refractivity (Wildman–Crippen MR) is 108 cm³/mol. The number of fused-ring (bicyclic) bond motifs is 4. The summed E-state index contributed by atoms with van der Waals surface area (Å²) in [6.45, 7) is 6.59. The van der Waals surface area contributed by atoms with Crippen LogP contribution < -0.4 is 0 Å². The molecular weight excluding hydrogens is 318 g/mol. The van der Waals surface area contributed by atoms with Crippen molar-refractivity contribution in [3.8, 4) is 0 Å². The summed E-state index contributed by atoms with van der Waals surface area (Å²) in [6, 6.07) is 15.8. The molecule has 132 valence electrons. The van der Waals surface area contributed by atoms with Gasteiger partial charge in [0.2, 0.25) is 0 Å². The first-order valence-electron chi connectivity index (χ1n) is 9.65. The quantitative estimate of drug-likeness (QED) is 0.508. The van der Waals surface area contributed by atoms with E-state index >= 15 is 0 Å². The number of aryl methyl sites for hydroxylation is 1. The lowest BCUT2D eigenvalue weighted by atomic mass is 9.95. The van der Waals surface area contributed by atoms with Gasteiger partial charge >= 0.3 is 0 Å². The van der Waals surface area contributed by atoms with Crippen molar-refractivity contribution < 1.29 is 0 Å². The van der Waals surface area contributed by atoms with Crippen molar-refractivity contribution in [2.75, 3.05) is 6.54 Å². The first kappa shape index (κ1) is 15.7. The molecular formula is C23H25N3. The number of aromatic amines is 2. The van der Waals surface area contributed by atoms with Gasteiger partial charge in [0.15, 0.2) is 0 Å². The Morgan fingerprint density at radius 1 is 1.08 bits per heavy atom. The molecule has 2 aromatic carbocycles. The smallest absolute Gasteiger partial charge is 0.0502 e. The summed E-state index contributed by atoms with van der Waals surface area (Å²) in [5.74, 6) is 0. The van der Waals surface area contributed by atoms with Crippen molar-refractivity contribution in [2.45, 2.75) is 39.3 Å². The van der Waals surface area contributed by atoms with Crippen LogP contribution in [0.2, 0.25) is 0 Å². The second-order valence-corrected chi connectivity index (χ2v) is 7.52. The number of rotatable bonds is 3. The van der Waals surface area contributed by atoms with Gasteiger partial charge in [-0.25, -0.2) is 0 Å². The Kier molecular flexibility index (Phi) is 3.64. The predicted octanol–water partition coefficient (Wildman–Crippen LogP) is 5.47. The number of H-pyrrole nitrogens is 2. The summed E-state index contributed by atoms with van der Waals surface area (Å²) in [4.78, 5) is 9.85. The van der Waals surface area contributed by atoms with Crippen LogP contribution in [-0.2, 0) is 13.0 Å². The van der Waals surface area contributed by atoms with Gasteiger partial charge in [0, 0.05) is 46.8 Å². The molecule has 3 heteroatoms. The fourth-order valence-corrected chi connectivity index (χ4v) is 4.73. The van der Waals surface area contributed by atoms with Crippen LogP contribution in [0.3, 0.4) is 0 Å². The van der Waals surface area contributed by atoms with Crippen LogP contribution in [0, 0.1) is 6.92 Å². The van der Waals surface area contributed by atoms with E-state index in [9.17, 15) is 0 Å². The van der Waals surface area contributed by atoms with Gasteiger partial charge in [0.05, 0.1) is 6.04 Å². The molecule has 0 amide bonds. The molecule has 0 saturated heterocycles. The molecule has 0 radical (unpaired) electrons. The van der Waals surface area contributed by atoms with E-state index in [1.165, 1.54) is 44.2 Å². The summed E-state index contributed by atoms with van der Waals surface area (Å²) in [6.07, 6.45) is 4.45. The average Bonchev–Trinajstić information content (AvgIpc) is 3.24. The second-order valence-electron chi connectivity index (χ2n) is 7.52. The lowest BCUT2D eigenvalue weighted by Crippen LogP contribution is -2.34. The van der Waals surface area contributed by atoms with E-state index in [0.717, 1.165) is 25.9 Å².